The van der Waals surface area contributed by atoms with Crippen LogP contribution in [0.1, 0.15) is 57.2 Å². The molecule has 1 aromatic heterocycles. The number of rotatable bonds is 4. The van der Waals surface area contributed by atoms with Gasteiger partial charge < -0.3 is 5.32 Å². The van der Waals surface area contributed by atoms with Crippen molar-refractivity contribution in [3.8, 4) is 0 Å². The first-order valence-electron chi connectivity index (χ1n) is 8.57. The number of nitrogens with zero attached hydrogens (tertiary/aromatic N) is 4. The molecule has 2 heterocycles. The molecule has 1 atom stereocenters. The van der Waals surface area contributed by atoms with Crippen LogP contribution < -0.4 is 5.32 Å². The average Bonchev–Trinajstić information content (AvgIpc) is 2.87. The van der Waals surface area contributed by atoms with Gasteiger partial charge in [-0.15, -0.1) is 10.2 Å². The Balaban J connectivity index is 1.48. The van der Waals surface area contributed by atoms with Crippen molar-refractivity contribution >= 4 is 5.91 Å². The van der Waals surface area contributed by atoms with Crippen molar-refractivity contribution in [1.29, 1.82) is 0 Å². The fourth-order valence-corrected chi connectivity index (χ4v) is 3.76. The summed E-state index contributed by atoms with van der Waals surface area (Å²) in [6.45, 7) is 2.17. The third-order valence-electron chi connectivity index (χ3n) is 4.87. The number of amides is 1. The van der Waals surface area contributed by atoms with E-state index in [0.717, 1.165) is 19.0 Å². The summed E-state index contributed by atoms with van der Waals surface area (Å²) in [5.41, 5.74) is 0. The summed E-state index contributed by atoms with van der Waals surface area (Å²) < 4.78 is 0. The molecule has 0 unspecified atom stereocenters. The van der Waals surface area contributed by atoms with Crippen LogP contribution in [0.25, 0.3) is 0 Å². The molecule has 22 heavy (non-hydrogen) atoms. The van der Waals surface area contributed by atoms with E-state index >= 15 is 0 Å². The van der Waals surface area contributed by atoms with Crippen molar-refractivity contribution in [1.82, 2.24) is 30.8 Å². The summed E-state index contributed by atoms with van der Waals surface area (Å²) in [6, 6.07) is 0.982. The Bertz CT molecular complexity index is 455. The molecular weight excluding hydrogens is 280 g/mol. The molecule has 1 aliphatic heterocycles. The lowest BCUT2D eigenvalue weighted by molar-refractivity contribution is -0.121. The van der Waals surface area contributed by atoms with E-state index in [-0.39, 0.29) is 18.4 Å². The molecule has 0 aromatic carbocycles. The number of hydrogen-bond acceptors (Lipinski definition) is 5. The molecule has 1 amide bonds. The van der Waals surface area contributed by atoms with Crippen molar-refractivity contribution in [3.63, 3.8) is 0 Å². The second-order valence-electron chi connectivity index (χ2n) is 6.55. The van der Waals surface area contributed by atoms with E-state index in [1.165, 1.54) is 51.5 Å². The minimum absolute atomic E-state index is 0.00545. The smallest absolute Gasteiger partial charge is 0.228 e. The van der Waals surface area contributed by atoms with Crippen LogP contribution in [-0.2, 0) is 11.2 Å². The topological polar surface area (TPSA) is 86.8 Å². The molecule has 7 nitrogen and oxygen atoms in total. The Hall–Kier alpha value is -1.50. The molecule has 122 valence electrons. The molecule has 2 aliphatic rings. The number of carbonyl (C=O) groups is 1. The molecule has 1 saturated heterocycles. The quantitative estimate of drug-likeness (QED) is 0.812. The molecule has 2 N–H and O–H groups in total. The van der Waals surface area contributed by atoms with Gasteiger partial charge in [-0.2, -0.15) is 5.21 Å². The van der Waals surface area contributed by atoms with Gasteiger partial charge in [-0.1, -0.05) is 30.9 Å². The van der Waals surface area contributed by atoms with Crippen molar-refractivity contribution < 1.29 is 4.79 Å². The van der Waals surface area contributed by atoms with Gasteiger partial charge in [-0.25, -0.2) is 0 Å². The summed E-state index contributed by atoms with van der Waals surface area (Å²) in [7, 11) is 0. The van der Waals surface area contributed by atoms with Gasteiger partial charge >= 0.3 is 0 Å². The fraction of sp³-hybridized carbons (Fsp3) is 0.867. The molecule has 7 heteroatoms. The third-order valence-corrected chi connectivity index (χ3v) is 4.87. The Kier molecular flexibility index (Phi) is 5.37. The fourth-order valence-electron chi connectivity index (χ4n) is 3.76. The lowest BCUT2D eigenvalue weighted by Crippen LogP contribution is -2.51. The maximum absolute atomic E-state index is 12.1. The highest BCUT2D eigenvalue weighted by Crippen LogP contribution is 2.24. The van der Waals surface area contributed by atoms with Crippen LogP contribution in [-0.4, -0.2) is 56.6 Å². The minimum Gasteiger partial charge on any atom is -0.352 e. The second-order valence-corrected chi connectivity index (χ2v) is 6.55. The van der Waals surface area contributed by atoms with Gasteiger partial charge in [0.1, 0.15) is 0 Å². The summed E-state index contributed by atoms with van der Waals surface area (Å²) in [5.74, 6) is 0.447. The normalized spacial score (nSPS) is 24.8. The Morgan fingerprint density at radius 2 is 2.00 bits per heavy atom. The number of piperidine rings is 1. The number of likely N-dealkylation sites (tertiary alicyclic amines) is 1. The van der Waals surface area contributed by atoms with Crippen molar-refractivity contribution in [2.24, 2.45) is 0 Å². The summed E-state index contributed by atoms with van der Waals surface area (Å²) >= 11 is 0. The highest BCUT2D eigenvalue weighted by atomic mass is 16.1. The highest BCUT2D eigenvalue weighted by Gasteiger charge is 2.27. The molecule has 0 spiro atoms. The van der Waals surface area contributed by atoms with E-state index in [9.17, 15) is 4.79 Å². The highest BCUT2D eigenvalue weighted by molar-refractivity contribution is 5.78. The number of hydrogen-bond donors (Lipinski definition) is 2. The van der Waals surface area contributed by atoms with Gasteiger partial charge in [0.2, 0.25) is 5.91 Å². The summed E-state index contributed by atoms with van der Waals surface area (Å²) in [6.07, 6.45) is 10.6. The number of nitrogens with one attached hydrogen (secondary N) is 2. The monoisotopic (exact) mass is 306 g/mol. The van der Waals surface area contributed by atoms with Crippen LogP contribution in [0, 0.1) is 0 Å². The second kappa shape index (κ2) is 7.67. The first kappa shape index (κ1) is 15.4. The predicted octanol–water partition coefficient (Wildman–Crippen LogP) is 1.05. The zero-order chi connectivity index (χ0) is 15.2. The molecule has 0 bridgehead atoms. The maximum Gasteiger partial charge on any atom is 0.228 e. The largest absolute Gasteiger partial charge is 0.352 e. The molecule has 1 saturated carbocycles. The molecule has 0 radical (unpaired) electrons. The molecular formula is C15H26N6O. The first-order valence-corrected chi connectivity index (χ1v) is 8.57. The first-order chi connectivity index (χ1) is 10.8. The van der Waals surface area contributed by atoms with Gasteiger partial charge in [-0.3, -0.25) is 9.69 Å². The van der Waals surface area contributed by atoms with Crippen LogP contribution in [0.2, 0.25) is 0 Å². The van der Waals surface area contributed by atoms with Crippen LogP contribution in [0.3, 0.4) is 0 Å². The van der Waals surface area contributed by atoms with Crippen molar-refractivity contribution in [3.05, 3.63) is 5.82 Å². The van der Waals surface area contributed by atoms with Crippen LogP contribution >= 0.6 is 0 Å². The zero-order valence-corrected chi connectivity index (χ0v) is 13.1. The number of tetrazole rings is 1. The minimum atomic E-state index is -0.00545. The zero-order valence-electron chi connectivity index (χ0n) is 13.1. The molecule has 1 aliphatic carbocycles. The van der Waals surface area contributed by atoms with Gasteiger partial charge in [0, 0.05) is 18.6 Å². The van der Waals surface area contributed by atoms with Gasteiger partial charge in [0.05, 0.1) is 6.42 Å². The van der Waals surface area contributed by atoms with Crippen LogP contribution in [0.5, 0.6) is 0 Å². The van der Waals surface area contributed by atoms with E-state index in [0.29, 0.717) is 5.82 Å². The van der Waals surface area contributed by atoms with E-state index in [2.05, 4.69) is 30.8 Å². The van der Waals surface area contributed by atoms with Gasteiger partial charge in [0.15, 0.2) is 5.82 Å². The summed E-state index contributed by atoms with van der Waals surface area (Å²) in [4.78, 5) is 14.7. The summed E-state index contributed by atoms with van der Waals surface area (Å²) in [5, 5.41) is 16.7. The van der Waals surface area contributed by atoms with E-state index in [1.807, 2.05) is 0 Å². The lowest BCUT2D eigenvalue weighted by Gasteiger charge is -2.38. The van der Waals surface area contributed by atoms with Crippen LogP contribution in [0.4, 0.5) is 0 Å². The standard InChI is InChI=1S/C15H26N6O/c22-15(10-14-17-19-20-18-14)16-12-6-5-9-21(11-12)13-7-3-1-2-4-8-13/h12-13H,1-11H2,(H,16,22)(H,17,18,19,20)/t12-/m0/s1. The van der Waals surface area contributed by atoms with E-state index < -0.39 is 0 Å². The third kappa shape index (κ3) is 4.25. The van der Waals surface area contributed by atoms with Crippen molar-refractivity contribution in [2.45, 2.75) is 69.9 Å². The molecule has 3 rings (SSSR count). The molecule has 2 fully saturated rings. The number of H-pyrrole nitrogens is 1. The number of aromatic nitrogens is 4. The SMILES string of the molecule is O=C(Cc1nn[nH]n1)N[C@H]1CCCN(C2CCCCCC2)C1. The maximum atomic E-state index is 12.1. The average molecular weight is 306 g/mol. The van der Waals surface area contributed by atoms with E-state index in [1.54, 1.807) is 0 Å². The van der Waals surface area contributed by atoms with Crippen molar-refractivity contribution in [2.75, 3.05) is 13.1 Å². The van der Waals surface area contributed by atoms with Gasteiger partial charge in [0.25, 0.3) is 0 Å². The number of carbonyl (C=O) groups excluding carboxylic acids is 1. The lowest BCUT2D eigenvalue weighted by atomic mass is 10.00. The van der Waals surface area contributed by atoms with E-state index in [4.69, 9.17) is 0 Å². The Morgan fingerprint density at radius 1 is 1.18 bits per heavy atom. The Labute approximate surface area is 131 Å². The van der Waals surface area contributed by atoms with Gasteiger partial charge in [-0.05, 0) is 32.2 Å². The Morgan fingerprint density at radius 3 is 2.73 bits per heavy atom. The predicted molar refractivity (Wildman–Crippen MR) is 82.1 cm³/mol. The van der Waals surface area contributed by atoms with Crippen LogP contribution in [0.15, 0.2) is 0 Å². The molecule has 1 aromatic rings. The number of aromatic amines is 1.